The van der Waals surface area contributed by atoms with Crippen molar-refractivity contribution in [3.8, 4) is 5.69 Å². The van der Waals surface area contributed by atoms with Crippen LogP contribution in [0.3, 0.4) is 0 Å². The molecule has 0 saturated heterocycles. The molecule has 1 aromatic heterocycles. The van der Waals surface area contributed by atoms with E-state index in [1.54, 1.807) is 19.1 Å². The lowest BCUT2D eigenvalue weighted by Crippen LogP contribution is -2.28. The molecule has 1 heterocycles. The third-order valence-corrected chi connectivity index (χ3v) is 4.00. The molecular formula is C17H14ClFN4O2. The highest BCUT2D eigenvalue weighted by Gasteiger charge is 2.18. The zero-order valence-corrected chi connectivity index (χ0v) is 13.9. The van der Waals surface area contributed by atoms with E-state index in [4.69, 9.17) is 23.1 Å². The van der Waals surface area contributed by atoms with Crippen LogP contribution < -0.4 is 17.0 Å². The van der Waals surface area contributed by atoms with E-state index in [2.05, 4.69) is 4.98 Å². The average Bonchev–Trinajstić information content (AvgIpc) is 2.55. The van der Waals surface area contributed by atoms with Gasteiger partial charge in [-0.15, -0.1) is 0 Å². The van der Waals surface area contributed by atoms with E-state index >= 15 is 0 Å². The van der Waals surface area contributed by atoms with Crippen LogP contribution in [0.5, 0.6) is 0 Å². The van der Waals surface area contributed by atoms with Gasteiger partial charge >= 0.3 is 0 Å². The second-order valence-corrected chi connectivity index (χ2v) is 6.00. The second kappa shape index (κ2) is 6.27. The molecule has 1 amide bonds. The maximum absolute atomic E-state index is 13.7. The van der Waals surface area contributed by atoms with Crippen molar-refractivity contribution < 1.29 is 9.18 Å². The lowest BCUT2D eigenvalue weighted by molar-refractivity contribution is 0.1000. The third kappa shape index (κ3) is 2.99. The molecule has 128 valence electrons. The van der Waals surface area contributed by atoms with Crippen molar-refractivity contribution in [2.75, 3.05) is 0 Å². The van der Waals surface area contributed by atoms with Crippen molar-refractivity contribution in [2.45, 2.75) is 13.0 Å². The summed E-state index contributed by atoms with van der Waals surface area (Å²) in [5, 5.41) is 0.0333. The fourth-order valence-corrected chi connectivity index (χ4v) is 2.83. The second-order valence-electron chi connectivity index (χ2n) is 5.60. The Balaban J connectivity index is 2.43. The van der Waals surface area contributed by atoms with Crippen LogP contribution in [-0.2, 0) is 0 Å². The van der Waals surface area contributed by atoms with E-state index in [1.165, 1.54) is 16.7 Å². The summed E-state index contributed by atoms with van der Waals surface area (Å²) < 4.78 is 14.9. The van der Waals surface area contributed by atoms with Gasteiger partial charge in [-0.3, -0.25) is 14.2 Å². The lowest BCUT2D eigenvalue weighted by Gasteiger charge is -2.16. The number of carbonyl (C=O) groups is 1. The number of fused-ring (bicyclic) bond motifs is 1. The fraction of sp³-hybridized carbons (Fsp3) is 0.118. The normalized spacial score (nSPS) is 12.3. The van der Waals surface area contributed by atoms with Gasteiger partial charge in [0.2, 0.25) is 5.91 Å². The quantitative estimate of drug-likeness (QED) is 0.747. The van der Waals surface area contributed by atoms with Crippen molar-refractivity contribution in [1.82, 2.24) is 9.55 Å². The summed E-state index contributed by atoms with van der Waals surface area (Å²) in [6.45, 7) is 1.65. The molecule has 0 radical (unpaired) electrons. The van der Waals surface area contributed by atoms with E-state index in [0.717, 1.165) is 12.1 Å². The Morgan fingerprint density at radius 1 is 1.32 bits per heavy atom. The molecular weight excluding hydrogens is 347 g/mol. The predicted octanol–water partition coefficient (Wildman–Crippen LogP) is 2.30. The summed E-state index contributed by atoms with van der Waals surface area (Å²) in [5.41, 5.74) is 11.4. The van der Waals surface area contributed by atoms with E-state index in [9.17, 15) is 14.0 Å². The van der Waals surface area contributed by atoms with Crippen LogP contribution in [-0.4, -0.2) is 15.5 Å². The summed E-state index contributed by atoms with van der Waals surface area (Å²) >= 11 is 6.02. The number of aromatic nitrogens is 2. The summed E-state index contributed by atoms with van der Waals surface area (Å²) in [6, 6.07) is 7.69. The summed E-state index contributed by atoms with van der Waals surface area (Å²) in [4.78, 5) is 28.7. The number of nitrogens with zero attached hydrogens (tertiary/aromatic N) is 2. The molecule has 1 unspecified atom stereocenters. The van der Waals surface area contributed by atoms with Crippen LogP contribution in [0.2, 0.25) is 5.02 Å². The van der Waals surface area contributed by atoms with Crippen LogP contribution in [0.15, 0.2) is 41.2 Å². The predicted molar refractivity (Wildman–Crippen MR) is 93.4 cm³/mol. The Hall–Kier alpha value is -2.77. The largest absolute Gasteiger partial charge is 0.366 e. The first-order valence-corrected chi connectivity index (χ1v) is 7.75. The highest BCUT2D eigenvalue weighted by molar-refractivity contribution is 6.35. The van der Waals surface area contributed by atoms with Crippen molar-refractivity contribution in [1.29, 1.82) is 0 Å². The summed E-state index contributed by atoms with van der Waals surface area (Å²) in [6.07, 6.45) is 0. The molecule has 0 spiro atoms. The molecule has 8 heteroatoms. The van der Waals surface area contributed by atoms with Gasteiger partial charge in [0.25, 0.3) is 5.56 Å². The Labute approximate surface area is 146 Å². The van der Waals surface area contributed by atoms with Crippen LogP contribution in [0.25, 0.3) is 16.6 Å². The Morgan fingerprint density at radius 3 is 2.68 bits per heavy atom. The average molecular weight is 361 g/mol. The third-order valence-electron chi connectivity index (χ3n) is 3.71. The topological polar surface area (TPSA) is 104 Å². The number of rotatable bonds is 3. The van der Waals surface area contributed by atoms with Crippen molar-refractivity contribution >= 4 is 28.4 Å². The van der Waals surface area contributed by atoms with Gasteiger partial charge < -0.3 is 11.5 Å². The minimum absolute atomic E-state index is 0.0129. The van der Waals surface area contributed by atoms with Gasteiger partial charge in [0.05, 0.1) is 27.7 Å². The van der Waals surface area contributed by atoms with E-state index in [0.29, 0.717) is 5.69 Å². The molecule has 0 fully saturated rings. The van der Waals surface area contributed by atoms with Crippen molar-refractivity contribution in [3.63, 3.8) is 0 Å². The van der Waals surface area contributed by atoms with E-state index in [1.807, 2.05) is 0 Å². The number of primary amides is 1. The molecule has 0 aliphatic carbocycles. The number of nitrogens with two attached hydrogens (primary N) is 2. The van der Waals surface area contributed by atoms with Gasteiger partial charge in [-0.05, 0) is 37.3 Å². The smallest absolute Gasteiger partial charge is 0.266 e. The van der Waals surface area contributed by atoms with Crippen LogP contribution in [0.4, 0.5) is 4.39 Å². The number of halogens is 2. The maximum Gasteiger partial charge on any atom is 0.266 e. The SMILES string of the molecule is CC(N)c1nc2c(Cl)cc(F)cc2c(=O)n1-c1cccc(C(N)=O)c1. The first kappa shape index (κ1) is 17.1. The minimum atomic E-state index is -0.651. The van der Waals surface area contributed by atoms with Crippen LogP contribution in [0, 0.1) is 5.82 Å². The molecule has 6 nitrogen and oxygen atoms in total. The Kier molecular flexibility index (Phi) is 4.28. The zero-order valence-electron chi connectivity index (χ0n) is 13.2. The van der Waals surface area contributed by atoms with Gasteiger partial charge in [-0.1, -0.05) is 17.7 Å². The summed E-state index contributed by atoms with van der Waals surface area (Å²) in [7, 11) is 0. The fourth-order valence-electron chi connectivity index (χ4n) is 2.58. The molecule has 3 aromatic rings. The highest BCUT2D eigenvalue weighted by atomic mass is 35.5. The highest BCUT2D eigenvalue weighted by Crippen LogP contribution is 2.24. The molecule has 0 saturated carbocycles. The van der Waals surface area contributed by atoms with E-state index in [-0.39, 0.29) is 27.3 Å². The lowest BCUT2D eigenvalue weighted by atomic mass is 10.1. The molecule has 3 rings (SSSR count). The monoisotopic (exact) mass is 360 g/mol. The van der Waals surface area contributed by atoms with E-state index < -0.39 is 23.3 Å². The number of carbonyl (C=O) groups excluding carboxylic acids is 1. The molecule has 4 N–H and O–H groups in total. The van der Waals surface area contributed by atoms with Crippen molar-refractivity contribution in [2.24, 2.45) is 11.5 Å². The Bertz CT molecular complexity index is 1060. The Morgan fingerprint density at radius 2 is 2.04 bits per heavy atom. The van der Waals surface area contributed by atoms with Gasteiger partial charge in [0, 0.05) is 5.56 Å². The first-order chi connectivity index (χ1) is 11.8. The summed E-state index contributed by atoms with van der Waals surface area (Å²) in [5.74, 6) is -1.06. The number of hydrogen-bond donors (Lipinski definition) is 2. The molecule has 0 aliphatic heterocycles. The van der Waals surface area contributed by atoms with Crippen LogP contribution in [0.1, 0.15) is 29.1 Å². The molecule has 2 aromatic carbocycles. The van der Waals surface area contributed by atoms with Gasteiger partial charge in [0.15, 0.2) is 0 Å². The van der Waals surface area contributed by atoms with Gasteiger partial charge in [-0.2, -0.15) is 0 Å². The van der Waals surface area contributed by atoms with Gasteiger partial charge in [-0.25, -0.2) is 9.37 Å². The first-order valence-electron chi connectivity index (χ1n) is 7.37. The number of hydrogen-bond acceptors (Lipinski definition) is 4. The minimum Gasteiger partial charge on any atom is -0.366 e. The number of benzene rings is 2. The van der Waals surface area contributed by atoms with Crippen LogP contribution >= 0.6 is 11.6 Å². The molecule has 1 atom stereocenters. The standard InChI is InChI=1S/C17H14ClFN4O2/c1-8(20)16-22-14-12(6-10(19)7-13(14)18)17(25)23(16)11-4-2-3-9(5-11)15(21)24/h2-8H,20H2,1H3,(H2,21,24). The van der Waals surface area contributed by atoms with Gasteiger partial charge in [0.1, 0.15) is 11.6 Å². The molecule has 0 bridgehead atoms. The maximum atomic E-state index is 13.7. The molecule has 25 heavy (non-hydrogen) atoms. The number of amides is 1. The zero-order chi connectivity index (χ0) is 18.3. The molecule has 0 aliphatic rings. The van der Waals surface area contributed by atoms with Crippen molar-refractivity contribution in [3.05, 3.63) is 69.0 Å².